The number of imidazole rings is 1. The SMILES string of the molecule is Cc1ccn2cc(-c3cc(=O)c4cc(N5CCNCC5)ccc4o3)nc2c1. The maximum absolute atomic E-state index is 12.8. The lowest BCUT2D eigenvalue weighted by atomic mass is 10.1. The van der Waals surface area contributed by atoms with E-state index in [4.69, 9.17) is 4.42 Å². The molecule has 136 valence electrons. The summed E-state index contributed by atoms with van der Waals surface area (Å²) in [6.07, 6.45) is 3.84. The Morgan fingerprint density at radius 2 is 1.96 bits per heavy atom. The molecule has 1 aromatic carbocycles. The van der Waals surface area contributed by atoms with Crippen molar-refractivity contribution in [2.24, 2.45) is 0 Å². The van der Waals surface area contributed by atoms with Crippen LogP contribution in [0.25, 0.3) is 28.1 Å². The predicted octanol–water partition coefficient (Wildman–Crippen LogP) is 2.83. The van der Waals surface area contributed by atoms with Gasteiger partial charge in [0.05, 0.1) is 5.39 Å². The van der Waals surface area contributed by atoms with E-state index in [2.05, 4.69) is 15.2 Å². The van der Waals surface area contributed by atoms with E-state index in [9.17, 15) is 4.79 Å². The molecule has 1 saturated heterocycles. The zero-order chi connectivity index (χ0) is 18.4. The van der Waals surface area contributed by atoms with Crippen molar-refractivity contribution in [3.63, 3.8) is 0 Å². The number of nitrogens with zero attached hydrogens (tertiary/aromatic N) is 3. The van der Waals surface area contributed by atoms with Crippen LogP contribution in [-0.4, -0.2) is 35.6 Å². The fourth-order valence-corrected chi connectivity index (χ4v) is 3.59. The number of fused-ring (bicyclic) bond motifs is 2. The normalized spacial score (nSPS) is 14.9. The molecular weight excluding hydrogens is 340 g/mol. The predicted molar refractivity (Wildman–Crippen MR) is 106 cm³/mol. The standard InChI is InChI=1S/C21H20N4O2/c1-14-4-7-25-13-17(23-21(25)10-14)20-12-18(26)16-11-15(2-3-19(16)27-20)24-8-5-22-6-9-24/h2-4,7,10-13,22H,5-6,8-9H2,1H3. The van der Waals surface area contributed by atoms with Gasteiger partial charge in [0.1, 0.15) is 16.9 Å². The van der Waals surface area contributed by atoms with Gasteiger partial charge in [-0.3, -0.25) is 4.79 Å². The molecule has 0 saturated carbocycles. The van der Waals surface area contributed by atoms with Crippen molar-refractivity contribution < 1.29 is 4.42 Å². The molecule has 0 atom stereocenters. The highest BCUT2D eigenvalue weighted by atomic mass is 16.3. The molecule has 4 heterocycles. The summed E-state index contributed by atoms with van der Waals surface area (Å²) < 4.78 is 7.95. The molecule has 1 aliphatic rings. The Labute approximate surface area is 156 Å². The van der Waals surface area contributed by atoms with Gasteiger partial charge in [-0.25, -0.2) is 4.98 Å². The summed E-state index contributed by atoms with van der Waals surface area (Å²) in [5.41, 5.74) is 4.24. The number of rotatable bonds is 2. The Morgan fingerprint density at radius 1 is 1.11 bits per heavy atom. The fourth-order valence-electron chi connectivity index (χ4n) is 3.59. The molecule has 0 amide bonds. The third-order valence-corrected chi connectivity index (χ3v) is 5.06. The van der Waals surface area contributed by atoms with E-state index in [-0.39, 0.29) is 5.43 Å². The van der Waals surface area contributed by atoms with E-state index in [0.717, 1.165) is 43.1 Å². The van der Waals surface area contributed by atoms with Gasteiger partial charge < -0.3 is 19.0 Å². The number of pyridine rings is 1. The van der Waals surface area contributed by atoms with Crippen molar-refractivity contribution in [1.82, 2.24) is 14.7 Å². The lowest BCUT2D eigenvalue weighted by Gasteiger charge is -2.29. The first kappa shape index (κ1) is 16.1. The summed E-state index contributed by atoms with van der Waals surface area (Å²) in [6, 6.07) is 11.4. The molecule has 6 nitrogen and oxygen atoms in total. The highest BCUT2D eigenvalue weighted by molar-refractivity contribution is 5.82. The van der Waals surface area contributed by atoms with Gasteiger partial charge in [0.15, 0.2) is 11.2 Å². The molecule has 1 fully saturated rings. The van der Waals surface area contributed by atoms with Crippen LogP contribution in [0.5, 0.6) is 0 Å². The average Bonchev–Trinajstić information content (AvgIpc) is 3.11. The lowest BCUT2D eigenvalue weighted by molar-refractivity contribution is 0.589. The average molecular weight is 360 g/mol. The van der Waals surface area contributed by atoms with Crippen LogP contribution >= 0.6 is 0 Å². The zero-order valence-corrected chi connectivity index (χ0v) is 15.1. The Hall–Kier alpha value is -3.12. The van der Waals surface area contributed by atoms with E-state index in [1.165, 1.54) is 0 Å². The molecule has 0 aliphatic carbocycles. The number of nitrogens with one attached hydrogen (secondary N) is 1. The first-order valence-corrected chi connectivity index (χ1v) is 9.17. The first-order valence-electron chi connectivity index (χ1n) is 9.17. The lowest BCUT2D eigenvalue weighted by Crippen LogP contribution is -2.43. The summed E-state index contributed by atoms with van der Waals surface area (Å²) in [5.74, 6) is 0.490. The van der Waals surface area contributed by atoms with Crippen molar-refractivity contribution in [1.29, 1.82) is 0 Å². The summed E-state index contributed by atoms with van der Waals surface area (Å²) in [5, 5.41) is 3.95. The van der Waals surface area contributed by atoms with Crippen molar-refractivity contribution in [2.45, 2.75) is 6.92 Å². The Morgan fingerprint density at radius 3 is 2.81 bits per heavy atom. The topological polar surface area (TPSA) is 62.8 Å². The number of benzene rings is 1. The van der Waals surface area contributed by atoms with Crippen molar-refractivity contribution in [3.8, 4) is 11.5 Å². The number of piperazine rings is 1. The quantitative estimate of drug-likeness (QED) is 0.596. The smallest absolute Gasteiger partial charge is 0.193 e. The molecule has 1 N–H and O–H groups in total. The number of anilines is 1. The summed E-state index contributed by atoms with van der Waals surface area (Å²) in [7, 11) is 0. The van der Waals surface area contributed by atoms with Crippen molar-refractivity contribution in [3.05, 3.63) is 64.6 Å². The maximum Gasteiger partial charge on any atom is 0.193 e. The highest BCUT2D eigenvalue weighted by Gasteiger charge is 2.14. The molecule has 0 spiro atoms. The van der Waals surface area contributed by atoms with E-state index in [1.807, 2.05) is 54.0 Å². The second-order valence-corrected chi connectivity index (χ2v) is 6.99. The third-order valence-electron chi connectivity index (χ3n) is 5.06. The van der Waals surface area contributed by atoms with Crippen molar-refractivity contribution in [2.75, 3.05) is 31.1 Å². The van der Waals surface area contributed by atoms with Gasteiger partial charge in [-0.15, -0.1) is 0 Å². The third kappa shape index (κ3) is 2.88. The second-order valence-electron chi connectivity index (χ2n) is 6.99. The Bertz CT molecular complexity index is 1200. The van der Waals surface area contributed by atoms with Gasteiger partial charge in [-0.1, -0.05) is 0 Å². The van der Waals surface area contributed by atoms with E-state index < -0.39 is 0 Å². The largest absolute Gasteiger partial charge is 0.454 e. The molecule has 27 heavy (non-hydrogen) atoms. The fraction of sp³-hybridized carbons (Fsp3) is 0.238. The molecule has 6 heteroatoms. The van der Waals surface area contributed by atoms with Crippen LogP contribution in [0.2, 0.25) is 0 Å². The van der Waals surface area contributed by atoms with Gasteiger partial charge >= 0.3 is 0 Å². The summed E-state index contributed by atoms with van der Waals surface area (Å²) in [6.45, 7) is 5.82. The second kappa shape index (κ2) is 6.25. The molecule has 4 aromatic rings. The van der Waals surface area contributed by atoms with Crippen molar-refractivity contribution >= 4 is 22.3 Å². The molecule has 5 rings (SSSR count). The van der Waals surface area contributed by atoms with E-state index in [1.54, 1.807) is 6.07 Å². The van der Waals surface area contributed by atoms with Crippen LogP contribution < -0.4 is 15.6 Å². The molecule has 0 radical (unpaired) electrons. The molecule has 3 aromatic heterocycles. The zero-order valence-electron chi connectivity index (χ0n) is 15.1. The monoisotopic (exact) mass is 360 g/mol. The van der Waals surface area contributed by atoms with E-state index in [0.29, 0.717) is 22.4 Å². The van der Waals surface area contributed by atoms with Crippen LogP contribution in [0.3, 0.4) is 0 Å². The summed E-state index contributed by atoms with van der Waals surface area (Å²) >= 11 is 0. The minimum atomic E-state index is -0.0449. The first-order chi connectivity index (χ1) is 13.2. The number of aryl methyl sites for hydroxylation is 1. The Kier molecular flexibility index (Phi) is 3.72. The molecular formula is C21H20N4O2. The molecule has 1 aliphatic heterocycles. The number of hydrogen-bond donors (Lipinski definition) is 1. The van der Waals surface area contributed by atoms with Crippen LogP contribution in [0.15, 0.2) is 58.0 Å². The van der Waals surface area contributed by atoms with Gasteiger partial charge in [0.2, 0.25) is 0 Å². The van der Waals surface area contributed by atoms with Gasteiger partial charge in [0, 0.05) is 50.3 Å². The van der Waals surface area contributed by atoms with E-state index >= 15 is 0 Å². The highest BCUT2D eigenvalue weighted by Crippen LogP contribution is 2.25. The van der Waals surface area contributed by atoms with Crippen LogP contribution in [0.4, 0.5) is 5.69 Å². The van der Waals surface area contributed by atoms with Gasteiger partial charge in [-0.2, -0.15) is 0 Å². The van der Waals surface area contributed by atoms with Gasteiger partial charge in [-0.05, 0) is 42.8 Å². The minimum Gasteiger partial charge on any atom is -0.454 e. The Balaban J connectivity index is 1.58. The molecule has 0 bridgehead atoms. The van der Waals surface area contributed by atoms with Crippen LogP contribution in [0, 0.1) is 6.92 Å². The van der Waals surface area contributed by atoms with Crippen LogP contribution in [-0.2, 0) is 0 Å². The van der Waals surface area contributed by atoms with Crippen LogP contribution in [0.1, 0.15) is 5.56 Å². The number of aromatic nitrogens is 2. The minimum absolute atomic E-state index is 0.0449. The summed E-state index contributed by atoms with van der Waals surface area (Å²) in [4.78, 5) is 19.6. The number of hydrogen-bond acceptors (Lipinski definition) is 5. The maximum atomic E-state index is 12.8. The van der Waals surface area contributed by atoms with Gasteiger partial charge in [0.25, 0.3) is 0 Å². The molecule has 0 unspecified atom stereocenters.